The van der Waals surface area contributed by atoms with Crippen molar-refractivity contribution in [2.45, 2.75) is 58.8 Å². The summed E-state index contributed by atoms with van der Waals surface area (Å²) in [5.74, 6) is 0. The number of alkyl halides is 3. The Morgan fingerprint density at radius 3 is 1.94 bits per heavy atom. The van der Waals surface area contributed by atoms with Gasteiger partial charge in [-0.25, -0.2) is 0 Å². The molecule has 0 aromatic rings. The molecule has 2 N–H and O–H groups in total. The molecule has 0 aliphatic rings. The Morgan fingerprint density at radius 2 is 1.65 bits per heavy atom. The number of nitrogens with zero attached hydrogens (tertiary/aromatic N) is 1. The van der Waals surface area contributed by atoms with Gasteiger partial charge in [-0.05, 0) is 18.9 Å². The van der Waals surface area contributed by atoms with E-state index in [2.05, 4.69) is 0 Å². The van der Waals surface area contributed by atoms with Gasteiger partial charge in [0, 0.05) is 18.6 Å². The summed E-state index contributed by atoms with van der Waals surface area (Å²) in [6.45, 7) is 7.99. The van der Waals surface area contributed by atoms with E-state index in [1.54, 1.807) is 11.9 Å². The number of halogens is 3. The van der Waals surface area contributed by atoms with Crippen LogP contribution in [0.4, 0.5) is 13.2 Å². The summed E-state index contributed by atoms with van der Waals surface area (Å²) in [7, 11) is 1.72. The van der Waals surface area contributed by atoms with Crippen molar-refractivity contribution in [3.8, 4) is 0 Å². The minimum absolute atomic E-state index is 0.000856. The van der Waals surface area contributed by atoms with E-state index in [-0.39, 0.29) is 24.0 Å². The Hall–Kier alpha value is -0.290. The lowest BCUT2D eigenvalue weighted by atomic mass is 9.80. The third-order valence-corrected chi connectivity index (χ3v) is 2.99. The summed E-state index contributed by atoms with van der Waals surface area (Å²) in [6.07, 6.45) is -4.13. The molecule has 0 saturated heterocycles. The van der Waals surface area contributed by atoms with Crippen molar-refractivity contribution in [2.75, 3.05) is 13.6 Å². The first-order valence-corrected chi connectivity index (χ1v) is 6.01. The molecule has 2 unspecified atom stereocenters. The molecule has 5 heteroatoms. The molecule has 0 fully saturated rings. The van der Waals surface area contributed by atoms with E-state index in [1.807, 2.05) is 27.7 Å². The first kappa shape index (κ1) is 16.7. The van der Waals surface area contributed by atoms with Crippen molar-refractivity contribution in [2.24, 2.45) is 11.1 Å². The van der Waals surface area contributed by atoms with Crippen molar-refractivity contribution in [3.63, 3.8) is 0 Å². The summed E-state index contributed by atoms with van der Waals surface area (Å²) in [5, 5.41) is 0. The maximum Gasteiger partial charge on any atom is 0.390 e. The van der Waals surface area contributed by atoms with Crippen molar-refractivity contribution in [1.29, 1.82) is 0 Å². The molecule has 0 bridgehead atoms. The highest BCUT2D eigenvalue weighted by Crippen LogP contribution is 2.28. The lowest BCUT2D eigenvalue weighted by Crippen LogP contribution is -2.53. The van der Waals surface area contributed by atoms with Crippen LogP contribution in [0.1, 0.15) is 40.5 Å². The van der Waals surface area contributed by atoms with Crippen molar-refractivity contribution >= 4 is 0 Å². The maximum absolute atomic E-state index is 12.2. The fourth-order valence-corrected chi connectivity index (χ4v) is 2.30. The highest BCUT2D eigenvalue weighted by molar-refractivity contribution is 4.89. The summed E-state index contributed by atoms with van der Waals surface area (Å²) in [4.78, 5) is 1.74. The SMILES string of the molecule is CCC(N)C(N(C)CCC(F)(F)F)C(C)(C)C. The molecule has 0 aromatic heterocycles. The fraction of sp³-hybridized carbons (Fsp3) is 1.00. The van der Waals surface area contributed by atoms with Crippen LogP contribution in [-0.2, 0) is 0 Å². The quantitative estimate of drug-likeness (QED) is 0.817. The van der Waals surface area contributed by atoms with E-state index in [0.717, 1.165) is 6.42 Å². The zero-order valence-electron chi connectivity index (χ0n) is 11.4. The molecular formula is C12H25F3N2. The lowest BCUT2D eigenvalue weighted by Gasteiger charge is -2.41. The first-order valence-electron chi connectivity index (χ1n) is 6.01. The minimum Gasteiger partial charge on any atom is -0.326 e. The number of likely N-dealkylation sites (N-methyl/N-ethyl adjacent to an activating group) is 1. The van der Waals surface area contributed by atoms with E-state index in [4.69, 9.17) is 5.73 Å². The monoisotopic (exact) mass is 254 g/mol. The van der Waals surface area contributed by atoms with Gasteiger partial charge in [-0.3, -0.25) is 0 Å². The average molecular weight is 254 g/mol. The number of nitrogens with two attached hydrogens (primary N) is 1. The zero-order chi connectivity index (χ0) is 13.9. The van der Waals surface area contributed by atoms with Crippen molar-refractivity contribution < 1.29 is 13.2 Å². The second-order valence-electron chi connectivity index (χ2n) is 5.73. The normalized spacial score (nSPS) is 17.3. The Balaban J connectivity index is 4.60. The molecule has 0 aliphatic heterocycles. The molecule has 0 spiro atoms. The zero-order valence-corrected chi connectivity index (χ0v) is 11.4. The predicted molar refractivity (Wildman–Crippen MR) is 64.8 cm³/mol. The van der Waals surface area contributed by atoms with Crippen LogP contribution in [0.5, 0.6) is 0 Å². The third kappa shape index (κ3) is 6.27. The van der Waals surface area contributed by atoms with Gasteiger partial charge in [0.15, 0.2) is 0 Å². The van der Waals surface area contributed by atoms with Gasteiger partial charge in [0.1, 0.15) is 0 Å². The van der Waals surface area contributed by atoms with E-state index < -0.39 is 12.6 Å². The molecule has 17 heavy (non-hydrogen) atoms. The fourth-order valence-electron chi connectivity index (χ4n) is 2.30. The van der Waals surface area contributed by atoms with Gasteiger partial charge in [-0.1, -0.05) is 27.7 Å². The largest absolute Gasteiger partial charge is 0.390 e. The highest BCUT2D eigenvalue weighted by atomic mass is 19.4. The summed E-state index contributed by atoms with van der Waals surface area (Å²) in [5.41, 5.74) is 5.89. The van der Waals surface area contributed by atoms with Crippen LogP contribution < -0.4 is 5.73 Å². The molecule has 0 aliphatic carbocycles. The van der Waals surface area contributed by atoms with Gasteiger partial charge in [0.05, 0.1) is 6.42 Å². The standard InChI is InChI=1S/C12H25F3N2/c1-6-9(16)10(11(2,3)4)17(5)8-7-12(13,14)15/h9-10H,6-8,16H2,1-5H3. The van der Waals surface area contributed by atoms with Crippen LogP contribution in [0.15, 0.2) is 0 Å². The third-order valence-electron chi connectivity index (χ3n) is 2.99. The Bertz CT molecular complexity index is 221. The van der Waals surface area contributed by atoms with Gasteiger partial charge >= 0.3 is 6.18 Å². The van der Waals surface area contributed by atoms with Crippen LogP contribution in [0, 0.1) is 5.41 Å². The second-order valence-corrected chi connectivity index (χ2v) is 5.73. The Kier molecular flexibility index (Phi) is 5.94. The molecule has 2 nitrogen and oxygen atoms in total. The van der Waals surface area contributed by atoms with Gasteiger partial charge in [-0.2, -0.15) is 13.2 Å². The molecule has 0 radical (unpaired) electrons. The maximum atomic E-state index is 12.2. The summed E-state index contributed by atoms with van der Waals surface area (Å²) in [6, 6.07) is -0.150. The summed E-state index contributed by atoms with van der Waals surface area (Å²) < 4.78 is 36.6. The van der Waals surface area contributed by atoms with E-state index >= 15 is 0 Å². The second kappa shape index (κ2) is 6.05. The van der Waals surface area contributed by atoms with Gasteiger partial charge in [0.2, 0.25) is 0 Å². The van der Waals surface area contributed by atoms with Crippen LogP contribution in [0.2, 0.25) is 0 Å². The van der Waals surface area contributed by atoms with Crippen molar-refractivity contribution in [3.05, 3.63) is 0 Å². The average Bonchev–Trinajstić information content (AvgIpc) is 2.11. The predicted octanol–water partition coefficient (Wildman–Crippen LogP) is 3.02. The molecule has 2 atom stereocenters. The highest BCUT2D eigenvalue weighted by Gasteiger charge is 2.35. The van der Waals surface area contributed by atoms with E-state index in [1.165, 1.54) is 0 Å². The number of rotatable bonds is 5. The molecule has 0 aromatic carbocycles. The van der Waals surface area contributed by atoms with Gasteiger partial charge in [0.25, 0.3) is 0 Å². The molecule has 0 rings (SSSR count). The molecule has 0 amide bonds. The van der Waals surface area contributed by atoms with Crippen LogP contribution in [0.25, 0.3) is 0 Å². The topological polar surface area (TPSA) is 29.3 Å². The van der Waals surface area contributed by atoms with E-state index in [9.17, 15) is 13.2 Å². The first-order chi connectivity index (χ1) is 7.49. The number of hydrogen-bond acceptors (Lipinski definition) is 2. The van der Waals surface area contributed by atoms with Crippen molar-refractivity contribution in [1.82, 2.24) is 4.90 Å². The Labute approximate surface area is 102 Å². The van der Waals surface area contributed by atoms with Gasteiger partial charge in [-0.15, -0.1) is 0 Å². The number of hydrogen-bond donors (Lipinski definition) is 1. The van der Waals surface area contributed by atoms with Crippen LogP contribution in [-0.4, -0.2) is 36.8 Å². The molecule has 0 saturated carbocycles. The van der Waals surface area contributed by atoms with Crippen LogP contribution >= 0.6 is 0 Å². The van der Waals surface area contributed by atoms with E-state index in [0.29, 0.717) is 0 Å². The smallest absolute Gasteiger partial charge is 0.326 e. The molecule has 0 heterocycles. The minimum atomic E-state index is -4.10. The Morgan fingerprint density at radius 1 is 1.18 bits per heavy atom. The van der Waals surface area contributed by atoms with Crippen LogP contribution in [0.3, 0.4) is 0 Å². The lowest BCUT2D eigenvalue weighted by molar-refractivity contribution is -0.139. The molecular weight excluding hydrogens is 229 g/mol. The summed E-state index contributed by atoms with van der Waals surface area (Å²) >= 11 is 0. The van der Waals surface area contributed by atoms with Gasteiger partial charge < -0.3 is 10.6 Å². The molecule has 104 valence electrons.